The zero-order chi connectivity index (χ0) is 23.5. The van der Waals surface area contributed by atoms with Crippen molar-refractivity contribution in [1.82, 2.24) is 9.88 Å². The van der Waals surface area contributed by atoms with E-state index >= 15 is 0 Å². The van der Waals surface area contributed by atoms with E-state index in [0.717, 1.165) is 35.6 Å². The zero-order valence-corrected chi connectivity index (χ0v) is 19.6. The fourth-order valence-corrected chi connectivity index (χ4v) is 4.00. The van der Waals surface area contributed by atoms with Gasteiger partial charge in [0.1, 0.15) is 5.75 Å². The maximum atomic E-state index is 13.5. The molecule has 7 heteroatoms. The summed E-state index contributed by atoms with van der Waals surface area (Å²) in [7, 11) is 1.66. The van der Waals surface area contributed by atoms with Gasteiger partial charge in [-0.25, -0.2) is 0 Å². The number of aryl methyl sites for hydroxylation is 1. The largest absolute Gasteiger partial charge is 0.497 e. The third kappa shape index (κ3) is 4.92. The van der Waals surface area contributed by atoms with Crippen LogP contribution in [0.25, 0.3) is 10.9 Å². The fourth-order valence-electron chi connectivity index (χ4n) is 4.00. The highest BCUT2D eigenvalue weighted by Gasteiger charge is 2.24. The standard InChI is InChI=1S/C26H30N4O3/c1-17(2)25(31)28-19-15-23(22-10-5-18(3)27-24(22)16-19)26(32)30-13-11-29(12-14-30)20-6-8-21(33-4)9-7-20/h5-10,15-17H,11-14H2,1-4H3,(H,28,31). The minimum atomic E-state index is -0.156. The summed E-state index contributed by atoms with van der Waals surface area (Å²) < 4.78 is 5.24. The Bertz CT molecular complexity index is 1170. The second-order valence-corrected chi connectivity index (χ2v) is 8.66. The normalized spacial score (nSPS) is 14.0. The monoisotopic (exact) mass is 446 g/mol. The van der Waals surface area contributed by atoms with E-state index in [4.69, 9.17) is 4.74 Å². The smallest absolute Gasteiger partial charge is 0.254 e. The summed E-state index contributed by atoms with van der Waals surface area (Å²) in [5, 5.41) is 3.72. The Morgan fingerprint density at radius 3 is 2.33 bits per heavy atom. The molecule has 0 atom stereocenters. The van der Waals surface area contributed by atoms with Crippen LogP contribution in [0.4, 0.5) is 11.4 Å². The number of hydrogen-bond donors (Lipinski definition) is 1. The van der Waals surface area contributed by atoms with Gasteiger partial charge in [-0.3, -0.25) is 14.6 Å². The first-order chi connectivity index (χ1) is 15.9. The molecule has 33 heavy (non-hydrogen) atoms. The minimum absolute atomic E-state index is 0.0410. The van der Waals surface area contributed by atoms with Crippen molar-refractivity contribution in [3.05, 3.63) is 59.8 Å². The number of nitrogens with zero attached hydrogens (tertiary/aromatic N) is 3. The molecule has 2 amide bonds. The molecule has 172 valence electrons. The number of pyridine rings is 1. The number of carbonyl (C=O) groups is 2. The molecule has 2 aromatic carbocycles. The average Bonchev–Trinajstić information content (AvgIpc) is 2.83. The second kappa shape index (κ2) is 9.48. The summed E-state index contributed by atoms with van der Waals surface area (Å²) >= 11 is 0. The molecule has 4 rings (SSSR count). The number of amides is 2. The number of methoxy groups -OCH3 is 1. The van der Waals surface area contributed by atoms with E-state index in [1.54, 1.807) is 13.2 Å². The zero-order valence-electron chi connectivity index (χ0n) is 19.6. The molecule has 1 N–H and O–H groups in total. The van der Waals surface area contributed by atoms with Crippen LogP contribution < -0.4 is 15.0 Å². The van der Waals surface area contributed by atoms with E-state index in [1.165, 1.54) is 0 Å². The van der Waals surface area contributed by atoms with Crippen LogP contribution in [0.3, 0.4) is 0 Å². The molecule has 0 bridgehead atoms. The lowest BCUT2D eigenvalue weighted by Crippen LogP contribution is -2.48. The van der Waals surface area contributed by atoms with E-state index in [1.807, 2.05) is 68.1 Å². The van der Waals surface area contributed by atoms with Gasteiger partial charge in [0.05, 0.1) is 18.2 Å². The Morgan fingerprint density at radius 1 is 1.00 bits per heavy atom. The molecule has 1 saturated heterocycles. The van der Waals surface area contributed by atoms with Crippen molar-refractivity contribution < 1.29 is 14.3 Å². The van der Waals surface area contributed by atoms with E-state index in [0.29, 0.717) is 29.9 Å². The van der Waals surface area contributed by atoms with Gasteiger partial charge in [0.25, 0.3) is 5.91 Å². The molecule has 0 unspecified atom stereocenters. The Balaban J connectivity index is 1.56. The first kappa shape index (κ1) is 22.6. The van der Waals surface area contributed by atoms with Crippen LogP contribution in [0.2, 0.25) is 0 Å². The topological polar surface area (TPSA) is 74.8 Å². The van der Waals surface area contributed by atoms with Crippen molar-refractivity contribution >= 4 is 34.1 Å². The van der Waals surface area contributed by atoms with Gasteiger partial charge in [-0.05, 0) is 49.4 Å². The highest BCUT2D eigenvalue weighted by Crippen LogP contribution is 2.26. The third-order valence-electron chi connectivity index (χ3n) is 5.97. The Hall–Kier alpha value is -3.61. The molecule has 2 heterocycles. The summed E-state index contributed by atoms with van der Waals surface area (Å²) in [4.78, 5) is 34.6. The predicted molar refractivity (Wildman–Crippen MR) is 131 cm³/mol. The summed E-state index contributed by atoms with van der Waals surface area (Å²) in [5.41, 5.74) is 3.85. The lowest BCUT2D eigenvalue weighted by Gasteiger charge is -2.36. The van der Waals surface area contributed by atoms with E-state index < -0.39 is 0 Å². The maximum absolute atomic E-state index is 13.5. The first-order valence-corrected chi connectivity index (χ1v) is 11.3. The summed E-state index contributed by atoms with van der Waals surface area (Å²) in [6.45, 7) is 8.33. The van der Waals surface area contributed by atoms with Crippen LogP contribution in [0.1, 0.15) is 29.9 Å². The van der Waals surface area contributed by atoms with Crippen molar-refractivity contribution in [1.29, 1.82) is 0 Å². The minimum Gasteiger partial charge on any atom is -0.497 e. The van der Waals surface area contributed by atoms with Gasteiger partial charge in [-0.1, -0.05) is 19.9 Å². The number of fused-ring (bicyclic) bond motifs is 1. The van der Waals surface area contributed by atoms with E-state index in [9.17, 15) is 9.59 Å². The van der Waals surface area contributed by atoms with Crippen LogP contribution in [-0.4, -0.2) is 55.0 Å². The van der Waals surface area contributed by atoms with Gasteiger partial charge in [0.2, 0.25) is 5.91 Å². The van der Waals surface area contributed by atoms with E-state index in [2.05, 4.69) is 15.2 Å². The quantitative estimate of drug-likeness (QED) is 0.639. The predicted octanol–water partition coefficient (Wildman–Crippen LogP) is 4.11. The summed E-state index contributed by atoms with van der Waals surface area (Å²) in [6, 6.07) is 15.4. The molecule has 1 aliphatic heterocycles. The molecule has 1 fully saturated rings. The highest BCUT2D eigenvalue weighted by molar-refractivity contribution is 6.08. The van der Waals surface area contributed by atoms with Crippen molar-refractivity contribution in [2.75, 3.05) is 43.5 Å². The van der Waals surface area contributed by atoms with Crippen LogP contribution in [0, 0.1) is 12.8 Å². The molecule has 0 saturated carbocycles. The molecule has 0 radical (unpaired) electrons. The molecular weight excluding hydrogens is 416 g/mol. The average molecular weight is 447 g/mol. The number of hydrogen-bond acceptors (Lipinski definition) is 5. The number of piperazine rings is 1. The third-order valence-corrected chi connectivity index (χ3v) is 5.97. The van der Waals surface area contributed by atoms with Gasteiger partial charge in [-0.15, -0.1) is 0 Å². The van der Waals surface area contributed by atoms with Gasteiger partial charge in [0, 0.05) is 54.6 Å². The molecule has 3 aromatic rings. The Labute approximate surface area is 194 Å². The van der Waals surface area contributed by atoms with Crippen LogP contribution in [0.15, 0.2) is 48.5 Å². The van der Waals surface area contributed by atoms with Gasteiger partial charge < -0.3 is 19.9 Å². The van der Waals surface area contributed by atoms with Crippen molar-refractivity contribution in [2.45, 2.75) is 20.8 Å². The van der Waals surface area contributed by atoms with Crippen molar-refractivity contribution in [3.8, 4) is 5.75 Å². The molecule has 7 nitrogen and oxygen atoms in total. The van der Waals surface area contributed by atoms with Gasteiger partial charge in [-0.2, -0.15) is 0 Å². The molecule has 0 aliphatic carbocycles. The molecule has 1 aromatic heterocycles. The number of nitrogens with one attached hydrogen (secondary N) is 1. The SMILES string of the molecule is COc1ccc(N2CCN(C(=O)c3cc(NC(=O)C(C)C)cc4nc(C)ccc34)CC2)cc1. The summed E-state index contributed by atoms with van der Waals surface area (Å²) in [5.74, 6) is 0.540. The fraction of sp³-hybridized carbons (Fsp3) is 0.346. The number of aromatic nitrogens is 1. The lowest BCUT2D eigenvalue weighted by atomic mass is 10.0. The number of anilines is 2. The number of ether oxygens (including phenoxy) is 1. The van der Waals surface area contributed by atoms with Gasteiger partial charge >= 0.3 is 0 Å². The first-order valence-electron chi connectivity index (χ1n) is 11.3. The summed E-state index contributed by atoms with van der Waals surface area (Å²) in [6.07, 6.45) is 0. The number of carbonyl (C=O) groups excluding carboxylic acids is 2. The van der Waals surface area contributed by atoms with Crippen LogP contribution >= 0.6 is 0 Å². The second-order valence-electron chi connectivity index (χ2n) is 8.66. The van der Waals surface area contributed by atoms with Crippen molar-refractivity contribution in [2.24, 2.45) is 5.92 Å². The Morgan fingerprint density at radius 2 is 1.70 bits per heavy atom. The van der Waals surface area contributed by atoms with Crippen LogP contribution in [0.5, 0.6) is 5.75 Å². The highest BCUT2D eigenvalue weighted by atomic mass is 16.5. The molecule has 1 aliphatic rings. The lowest BCUT2D eigenvalue weighted by molar-refractivity contribution is -0.118. The van der Waals surface area contributed by atoms with Crippen LogP contribution in [-0.2, 0) is 4.79 Å². The molecule has 0 spiro atoms. The molecular formula is C26H30N4O3. The number of rotatable bonds is 5. The Kier molecular flexibility index (Phi) is 6.49. The van der Waals surface area contributed by atoms with E-state index in [-0.39, 0.29) is 17.7 Å². The van der Waals surface area contributed by atoms with Gasteiger partial charge in [0.15, 0.2) is 0 Å². The maximum Gasteiger partial charge on any atom is 0.254 e. The van der Waals surface area contributed by atoms with Crippen molar-refractivity contribution in [3.63, 3.8) is 0 Å². The number of benzene rings is 2.